The second-order valence-electron chi connectivity index (χ2n) is 8.74. The summed E-state index contributed by atoms with van der Waals surface area (Å²) >= 11 is 0. The third kappa shape index (κ3) is 4.85. The molecule has 1 aliphatic rings. The smallest absolute Gasteiger partial charge is 0.229 e. The third-order valence-corrected chi connectivity index (χ3v) is 5.25. The van der Waals surface area contributed by atoms with E-state index in [0.29, 0.717) is 30.4 Å². The zero-order valence-corrected chi connectivity index (χ0v) is 18.5. The van der Waals surface area contributed by atoms with Gasteiger partial charge in [-0.1, -0.05) is 26.0 Å². The summed E-state index contributed by atoms with van der Waals surface area (Å²) in [6, 6.07) is 15.7. The molecule has 2 aromatic carbocycles. The van der Waals surface area contributed by atoms with Gasteiger partial charge in [-0.25, -0.2) is 4.98 Å². The number of hydrogen-bond acceptors (Lipinski definition) is 6. The Morgan fingerprint density at radius 3 is 2.48 bits per heavy atom. The van der Waals surface area contributed by atoms with Crippen LogP contribution in [0.5, 0.6) is 5.75 Å². The summed E-state index contributed by atoms with van der Waals surface area (Å²) in [5.74, 6) is 1.90. The van der Waals surface area contributed by atoms with Crippen LogP contribution in [-0.2, 0) is 6.42 Å². The first kappa shape index (κ1) is 20.8. The molecule has 3 aromatic rings. The van der Waals surface area contributed by atoms with Gasteiger partial charge in [-0.15, -0.1) is 0 Å². The summed E-state index contributed by atoms with van der Waals surface area (Å²) in [6.45, 7) is 8.82. The molecule has 0 saturated heterocycles. The van der Waals surface area contributed by atoms with Gasteiger partial charge >= 0.3 is 0 Å². The van der Waals surface area contributed by atoms with E-state index >= 15 is 0 Å². The summed E-state index contributed by atoms with van der Waals surface area (Å²) in [5, 5.41) is 6.62. The highest BCUT2D eigenvalue weighted by Crippen LogP contribution is 2.38. The summed E-state index contributed by atoms with van der Waals surface area (Å²) in [6.07, 6.45) is 1.20. The minimum atomic E-state index is -0.130. The van der Waals surface area contributed by atoms with Crippen LogP contribution in [0.2, 0.25) is 0 Å². The van der Waals surface area contributed by atoms with E-state index in [1.54, 1.807) is 0 Å². The molecule has 0 atom stereocenters. The molecule has 1 aliphatic carbocycles. The highest BCUT2D eigenvalue weighted by atomic mass is 16.5. The number of ether oxygens (including phenoxy) is 1. The Morgan fingerprint density at radius 2 is 1.77 bits per heavy atom. The van der Waals surface area contributed by atoms with Gasteiger partial charge in [0.1, 0.15) is 11.6 Å². The zero-order valence-electron chi connectivity index (χ0n) is 18.5. The second-order valence-corrected chi connectivity index (χ2v) is 8.74. The van der Waals surface area contributed by atoms with E-state index in [2.05, 4.69) is 29.5 Å². The number of hydrogen-bond donors (Lipinski definition) is 2. The summed E-state index contributed by atoms with van der Waals surface area (Å²) in [5.41, 5.74) is 4.12. The Bertz CT molecular complexity index is 1110. The number of aryl methyl sites for hydroxylation is 1. The normalized spacial score (nSPS) is 14.6. The van der Waals surface area contributed by atoms with Crippen LogP contribution in [0.3, 0.4) is 0 Å². The Kier molecular flexibility index (Phi) is 5.63. The van der Waals surface area contributed by atoms with Crippen LogP contribution < -0.4 is 15.4 Å². The molecule has 6 heteroatoms. The maximum absolute atomic E-state index is 13.0. The van der Waals surface area contributed by atoms with Crippen molar-refractivity contribution in [3.05, 3.63) is 65.4 Å². The maximum atomic E-state index is 13.0. The van der Waals surface area contributed by atoms with E-state index < -0.39 is 0 Å². The van der Waals surface area contributed by atoms with Crippen molar-refractivity contribution in [1.29, 1.82) is 0 Å². The number of Topliss-reactive ketones (excluding diaryl/α,β-unsaturated/α-hetero) is 1. The summed E-state index contributed by atoms with van der Waals surface area (Å²) in [4.78, 5) is 22.4. The number of aromatic nitrogens is 2. The quantitative estimate of drug-likeness (QED) is 0.527. The first-order valence-corrected chi connectivity index (χ1v) is 10.6. The van der Waals surface area contributed by atoms with E-state index in [9.17, 15) is 4.79 Å². The number of nitrogens with one attached hydrogen (secondary N) is 2. The fraction of sp³-hybridized carbons (Fsp3) is 0.320. The third-order valence-electron chi connectivity index (χ3n) is 5.25. The molecule has 2 N–H and O–H groups in total. The van der Waals surface area contributed by atoms with Crippen LogP contribution >= 0.6 is 0 Å². The number of rotatable bonds is 6. The van der Waals surface area contributed by atoms with E-state index in [4.69, 9.17) is 9.72 Å². The summed E-state index contributed by atoms with van der Waals surface area (Å²) < 4.78 is 5.51. The lowest BCUT2D eigenvalue weighted by atomic mass is 9.75. The van der Waals surface area contributed by atoms with Crippen molar-refractivity contribution < 1.29 is 9.53 Å². The number of carbonyl (C=O) groups excluding carboxylic acids is 1. The number of nitrogens with zero attached hydrogens (tertiary/aromatic N) is 2. The van der Waals surface area contributed by atoms with Crippen LogP contribution in [0, 0.1) is 12.3 Å². The number of fused-ring (bicyclic) bond motifs is 1. The molecular formula is C25H28N4O2. The molecule has 0 unspecified atom stereocenters. The predicted molar refractivity (Wildman–Crippen MR) is 124 cm³/mol. The van der Waals surface area contributed by atoms with Crippen molar-refractivity contribution in [3.8, 4) is 5.75 Å². The Balaban J connectivity index is 1.71. The largest absolute Gasteiger partial charge is 0.494 e. The van der Waals surface area contributed by atoms with Crippen molar-refractivity contribution in [1.82, 2.24) is 9.97 Å². The molecular weight excluding hydrogens is 388 g/mol. The number of carbonyl (C=O) groups is 1. The first-order valence-electron chi connectivity index (χ1n) is 10.6. The zero-order chi connectivity index (χ0) is 22.0. The minimum absolute atomic E-state index is 0.0778. The average Bonchev–Trinajstić information content (AvgIpc) is 2.68. The van der Waals surface area contributed by atoms with Crippen LogP contribution in [0.25, 0.3) is 0 Å². The van der Waals surface area contributed by atoms with Crippen molar-refractivity contribution in [2.24, 2.45) is 5.41 Å². The fourth-order valence-corrected chi connectivity index (χ4v) is 3.90. The lowest BCUT2D eigenvalue weighted by Gasteiger charge is -2.30. The minimum Gasteiger partial charge on any atom is -0.494 e. The van der Waals surface area contributed by atoms with Gasteiger partial charge < -0.3 is 15.4 Å². The first-order chi connectivity index (χ1) is 14.8. The van der Waals surface area contributed by atoms with Gasteiger partial charge in [0.15, 0.2) is 5.78 Å². The molecule has 31 heavy (non-hydrogen) atoms. The highest BCUT2D eigenvalue weighted by Gasteiger charge is 2.35. The number of anilines is 4. The van der Waals surface area contributed by atoms with Gasteiger partial charge in [0.25, 0.3) is 0 Å². The molecule has 0 fully saturated rings. The molecule has 0 amide bonds. The SMILES string of the molecule is CCOc1ccc(Nc2nc3c(c(Nc4cccc(C)c4)n2)C(=O)CC(C)(C)C3)cc1. The Hall–Kier alpha value is -3.41. The lowest BCUT2D eigenvalue weighted by Crippen LogP contribution is -2.29. The molecule has 0 saturated carbocycles. The number of benzene rings is 2. The molecule has 4 rings (SSSR count). The van der Waals surface area contributed by atoms with Gasteiger partial charge in [0.05, 0.1) is 17.9 Å². The van der Waals surface area contributed by atoms with E-state index in [1.807, 2.05) is 62.4 Å². The van der Waals surface area contributed by atoms with Gasteiger partial charge in [0.2, 0.25) is 5.95 Å². The monoisotopic (exact) mass is 416 g/mol. The molecule has 0 radical (unpaired) electrons. The van der Waals surface area contributed by atoms with Gasteiger partial charge in [0, 0.05) is 17.8 Å². The fourth-order valence-electron chi connectivity index (χ4n) is 3.90. The predicted octanol–water partition coefficient (Wildman–Crippen LogP) is 5.83. The van der Waals surface area contributed by atoms with Crippen LogP contribution in [0.15, 0.2) is 48.5 Å². The van der Waals surface area contributed by atoms with E-state index in [1.165, 1.54) is 0 Å². The molecule has 6 nitrogen and oxygen atoms in total. The van der Waals surface area contributed by atoms with Gasteiger partial charge in [-0.2, -0.15) is 4.98 Å². The van der Waals surface area contributed by atoms with Crippen molar-refractivity contribution >= 4 is 28.9 Å². The maximum Gasteiger partial charge on any atom is 0.229 e. The van der Waals surface area contributed by atoms with Crippen molar-refractivity contribution in [2.45, 2.75) is 40.5 Å². The van der Waals surface area contributed by atoms with Crippen molar-refractivity contribution in [3.63, 3.8) is 0 Å². The van der Waals surface area contributed by atoms with Gasteiger partial charge in [-0.05, 0) is 67.6 Å². The van der Waals surface area contributed by atoms with Crippen LogP contribution in [-0.4, -0.2) is 22.4 Å². The van der Waals surface area contributed by atoms with Crippen LogP contribution in [0.4, 0.5) is 23.1 Å². The topological polar surface area (TPSA) is 76.1 Å². The Labute approximate surface area is 183 Å². The highest BCUT2D eigenvalue weighted by molar-refractivity contribution is 6.03. The Morgan fingerprint density at radius 1 is 1.00 bits per heavy atom. The molecule has 160 valence electrons. The molecule has 0 bridgehead atoms. The molecule has 1 heterocycles. The molecule has 0 spiro atoms. The number of ketones is 1. The average molecular weight is 417 g/mol. The van der Waals surface area contributed by atoms with E-state index in [0.717, 1.165) is 34.8 Å². The second kappa shape index (κ2) is 8.38. The van der Waals surface area contributed by atoms with Gasteiger partial charge in [-0.3, -0.25) is 4.79 Å². The standard InChI is InChI=1S/C25H28N4O2/c1-5-31-19-11-9-17(10-12-19)27-24-28-20-14-25(3,4)15-21(30)22(20)23(29-24)26-18-8-6-7-16(2)13-18/h6-13H,5,14-15H2,1-4H3,(H2,26,27,28,29). The molecule has 0 aliphatic heterocycles. The lowest BCUT2D eigenvalue weighted by molar-refractivity contribution is 0.0911. The summed E-state index contributed by atoms with van der Waals surface area (Å²) in [7, 11) is 0. The molecule has 1 aromatic heterocycles. The van der Waals surface area contributed by atoms with Crippen molar-refractivity contribution in [2.75, 3.05) is 17.2 Å². The van der Waals surface area contributed by atoms with Crippen LogP contribution in [0.1, 0.15) is 48.8 Å². The van der Waals surface area contributed by atoms with E-state index in [-0.39, 0.29) is 11.2 Å².